The monoisotopic (exact) mass is 360 g/mol. The number of carbonyl (C=O) groups is 1. The van der Waals surface area contributed by atoms with Gasteiger partial charge in [-0.3, -0.25) is 9.59 Å². The average Bonchev–Trinajstić information content (AvgIpc) is 3.32. The summed E-state index contributed by atoms with van der Waals surface area (Å²) in [5.74, 6) is 0.531. The zero-order valence-corrected chi connectivity index (χ0v) is 14.7. The third-order valence-corrected chi connectivity index (χ3v) is 4.19. The van der Waals surface area contributed by atoms with E-state index in [0.29, 0.717) is 32.1 Å². The van der Waals surface area contributed by atoms with Crippen molar-refractivity contribution in [2.24, 2.45) is 0 Å². The van der Waals surface area contributed by atoms with Gasteiger partial charge in [-0.05, 0) is 37.5 Å². The summed E-state index contributed by atoms with van der Waals surface area (Å²) in [5, 5.41) is 2.80. The quantitative estimate of drug-likeness (QED) is 0.690. The normalized spacial score (nSPS) is 16.7. The summed E-state index contributed by atoms with van der Waals surface area (Å²) in [5.41, 5.74) is -0.113. The third-order valence-electron chi connectivity index (χ3n) is 4.19. The van der Waals surface area contributed by atoms with E-state index in [-0.39, 0.29) is 23.3 Å². The molecular weight excluding hydrogens is 336 g/mol. The van der Waals surface area contributed by atoms with Crippen molar-refractivity contribution in [3.05, 3.63) is 58.4 Å². The number of amides is 1. The SMILES string of the molecule is O=C(NCCCOCC1CCCO1)c1ccc(Cn2ccccc2=O)o1. The minimum absolute atomic E-state index is 0.113. The number of pyridine rings is 1. The summed E-state index contributed by atoms with van der Waals surface area (Å²) in [7, 11) is 0. The van der Waals surface area contributed by atoms with E-state index in [0.717, 1.165) is 25.9 Å². The number of carbonyl (C=O) groups excluding carboxylic acids is 1. The molecule has 0 aliphatic carbocycles. The Hall–Kier alpha value is -2.38. The van der Waals surface area contributed by atoms with Crippen LogP contribution in [0.2, 0.25) is 0 Å². The van der Waals surface area contributed by atoms with Gasteiger partial charge in [-0.15, -0.1) is 0 Å². The first-order chi connectivity index (χ1) is 12.7. The fourth-order valence-electron chi connectivity index (χ4n) is 2.80. The van der Waals surface area contributed by atoms with Crippen LogP contribution in [0.25, 0.3) is 0 Å². The van der Waals surface area contributed by atoms with Crippen LogP contribution in [0.5, 0.6) is 0 Å². The van der Waals surface area contributed by atoms with E-state index < -0.39 is 0 Å². The second-order valence-corrected chi connectivity index (χ2v) is 6.25. The molecule has 0 aromatic carbocycles. The lowest BCUT2D eigenvalue weighted by Gasteiger charge is -2.10. The Bertz CT molecular complexity index is 761. The molecule has 140 valence electrons. The molecule has 7 heteroatoms. The minimum atomic E-state index is -0.268. The lowest BCUT2D eigenvalue weighted by atomic mass is 10.2. The van der Waals surface area contributed by atoms with E-state index >= 15 is 0 Å². The molecule has 0 saturated carbocycles. The number of nitrogens with one attached hydrogen (secondary N) is 1. The molecule has 1 saturated heterocycles. The van der Waals surface area contributed by atoms with Gasteiger partial charge in [0, 0.05) is 32.0 Å². The molecule has 1 atom stereocenters. The predicted molar refractivity (Wildman–Crippen MR) is 95.3 cm³/mol. The topological polar surface area (TPSA) is 82.7 Å². The second-order valence-electron chi connectivity index (χ2n) is 6.25. The molecule has 2 aromatic heterocycles. The molecule has 1 N–H and O–H groups in total. The van der Waals surface area contributed by atoms with Crippen LogP contribution >= 0.6 is 0 Å². The Kier molecular flexibility index (Phi) is 6.62. The van der Waals surface area contributed by atoms with Crippen molar-refractivity contribution in [2.45, 2.75) is 31.9 Å². The van der Waals surface area contributed by atoms with Crippen molar-refractivity contribution in [1.29, 1.82) is 0 Å². The van der Waals surface area contributed by atoms with Crippen molar-refractivity contribution < 1.29 is 18.7 Å². The van der Waals surface area contributed by atoms with Gasteiger partial charge in [0.15, 0.2) is 5.76 Å². The van der Waals surface area contributed by atoms with E-state index in [1.807, 2.05) is 0 Å². The van der Waals surface area contributed by atoms with E-state index in [1.54, 1.807) is 30.5 Å². The summed E-state index contributed by atoms with van der Waals surface area (Å²) < 4.78 is 18.1. The maximum absolute atomic E-state index is 12.1. The van der Waals surface area contributed by atoms with Crippen LogP contribution in [0.1, 0.15) is 35.6 Å². The van der Waals surface area contributed by atoms with Gasteiger partial charge in [-0.25, -0.2) is 0 Å². The summed E-state index contributed by atoms with van der Waals surface area (Å²) in [6.07, 6.45) is 4.80. The summed E-state index contributed by atoms with van der Waals surface area (Å²) in [6.45, 7) is 2.84. The largest absolute Gasteiger partial charge is 0.454 e. The van der Waals surface area contributed by atoms with Crippen LogP contribution in [-0.2, 0) is 16.0 Å². The molecule has 7 nitrogen and oxygen atoms in total. The molecule has 0 radical (unpaired) electrons. The van der Waals surface area contributed by atoms with Gasteiger partial charge >= 0.3 is 0 Å². The van der Waals surface area contributed by atoms with Crippen LogP contribution in [0.4, 0.5) is 0 Å². The van der Waals surface area contributed by atoms with Crippen LogP contribution in [-0.4, -0.2) is 42.9 Å². The lowest BCUT2D eigenvalue weighted by Crippen LogP contribution is -2.25. The van der Waals surface area contributed by atoms with Gasteiger partial charge in [-0.2, -0.15) is 0 Å². The zero-order valence-electron chi connectivity index (χ0n) is 14.7. The smallest absolute Gasteiger partial charge is 0.286 e. The first-order valence-electron chi connectivity index (χ1n) is 8.94. The molecule has 0 bridgehead atoms. The third kappa shape index (κ3) is 5.31. The molecule has 26 heavy (non-hydrogen) atoms. The Balaban J connectivity index is 1.36. The molecule has 2 aromatic rings. The van der Waals surface area contributed by atoms with Gasteiger partial charge in [0.25, 0.3) is 11.5 Å². The first kappa shape index (κ1) is 18.4. The molecular formula is C19H24N2O5. The first-order valence-corrected chi connectivity index (χ1v) is 8.94. The maximum atomic E-state index is 12.1. The van der Waals surface area contributed by atoms with Crippen LogP contribution in [0.3, 0.4) is 0 Å². The van der Waals surface area contributed by atoms with Gasteiger partial charge in [0.1, 0.15) is 5.76 Å². The van der Waals surface area contributed by atoms with Crippen molar-refractivity contribution in [3.8, 4) is 0 Å². The fourth-order valence-corrected chi connectivity index (χ4v) is 2.80. The average molecular weight is 360 g/mol. The molecule has 1 fully saturated rings. The maximum Gasteiger partial charge on any atom is 0.286 e. The molecule has 3 heterocycles. The predicted octanol–water partition coefficient (Wildman–Crippen LogP) is 1.81. The highest BCUT2D eigenvalue weighted by molar-refractivity contribution is 5.91. The number of rotatable bonds is 9. The van der Waals surface area contributed by atoms with Crippen molar-refractivity contribution in [2.75, 3.05) is 26.4 Å². The molecule has 3 rings (SSSR count). The second kappa shape index (κ2) is 9.35. The number of furan rings is 1. The summed E-state index contributed by atoms with van der Waals surface area (Å²) in [4.78, 5) is 23.8. The van der Waals surface area contributed by atoms with E-state index in [4.69, 9.17) is 13.9 Å². The highest BCUT2D eigenvalue weighted by atomic mass is 16.5. The number of hydrogen-bond donors (Lipinski definition) is 1. The standard InChI is InChI=1S/C19H24N2O5/c22-18-6-1-2-10-21(18)13-15-7-8-17(26-15)19(23)20-9-4-11-24-14-16-5-3-12-25-16/h1-2,6-8,10,16H,3-5,9,11-14H2,(H,20,23). The van der Waals surface area contributed by atoms with E-state index in [9.17, 15) is 9.59 Å². The minimum Gasteiger partial charge on any atom is -0.454 e. The van der Waals surface area contributed by atoms with Crippen LogP contribution in [0.15, 0.2) is 45.7 Å². The Morgan fingerprint density at radius 3 is 3.04 bits per heavy atom. The number of ether oxygens (including phenoxy) is 2. The fraction of sp³-hybridized carbons (Fsp3) is 0.474. The highest BCUT2D eigenvalue weighted by Crippen LogP contribution is 2.12. The molecule has 1 aliphatic rings. The molecule has 0 spiro atoms. The number of nitrogens with zero attached hydrogens (tertiary/aromatic N) is 1. The molecule has 1 amide bonds. The highest BCUT2D eigenvalue weighted by Gasteiger charge is 2.15. The van der Waals surface area contributed by atoms with E-state index in [2.05, 4.69) is 5.32 Å². The Morgan fingerprint density at radius 1 is 1.31 bits per heavy atom. The van der Waals surface area contributed by atoms with Crippen molar-refractivity contribution >= 4 is 5.91 Å². The van der Waals surface area contributed by atoms with Crippen LogP contribution < -0.4 is 10.9 Å². The Morgan fingerprint density at radius 2 is 2.23 bits per heavy atom. The van der Waals surface area contributed by atoms with Crippen molar-refractivity contribution in [3.63, 3.8) is 0 Å². The number of hydrogen-bond acceptors (Lipinski definition) is 5. The van der Waals surface area contributed by atoms with Gasteiger partial charge in [0.2, 0.25) is 0 Å². The number of aromatic nitrogens is 1. The van der Waals surface area contributed by atoms with Crippen molar-refractivity contribution in [1.82, 2.24) is 9.88 Å². The molecule has 1 unspecified atom stereocenters. The lowest BCUT2D eigenvalue weighted by molar-refractivity contribution is 0.0166. The van der Waals surface area contributed by atoms with Gasteiger partial charge in [0.05, 0.1) is 19.3 Å². The van der Waals surface area contributed by atoms with Crippen LogP contribution in [0, 0.1) is 0 Å². The Labute approximate surface area is 151 Å². The van der Waals surface area contributed by atoms with Gasteiger partial charge < -0.3 is 23.8 Å². The van der Waals surface area contributed by atoms with Gasteiger partial charge in [-0.1, -0.05) is 6.07 Å². The molecule has 1 aliphatic heterocycles. The summed E-state index contributed by atoms with van der Waals surface area (Å²) >= 11 is 0. The van der Waals surface area contributed by atoms with E-state index in [1.165, 1.54) is 10.6 Å². The summed E-state index contributed by atoms with van der Waals surface area (Å²) in [6, 6.07) is 8.27. The zero-order chi connectivity index (χ0) is 18.2.